The predicted molar refractivity (Wildman–Crippen MR) is 119 cm³/mol. The molecular weight excluding hydrogens is 460 g/mol. The Kier molecular flexibility index (Phi) is 5.88. The van der Waals surface area contributed by atoms with Gasteiger partial charge in [-0.1, -0.05) is 17.7 Å². The van der Waals surface area contributed by atoms with Crippen LogP contribution in [0.4, 0.5) is 10.8 Å². The first-order chi connectivity index (χ1) is 14.8. The average Bonchev–Trinajstić information content (AvgIpc) is 3.48. The molecule has 2 aromatic heterocycles. The van der Waals surface area contributed by atoms with Crippen LogP contribution in [-0.2, 0) is 14.8 Å². The highest BCUT2D eigenvalue weighted by Gasteiger charge is 2.39. The Balaban J connectivity index is 1.50. The van der Waals surface area contributed by atoms with E-state index in [0.29, 0.717) is 28.5 Å². The summed E-state index contributed by atoms with van der Waals surface area (Å²) in [5.41, 5.74) is 1.46. The van der Waals surface area contributed by atoms with Crippen LogP contribution in [0, 0.1) is 17.0 Å². The number of benzene rings is 1. The van der Waals surface area contributed by atoms with Crippen molar-refractivity contribution in [3.8, 4) is 10.6 Å². The molecule has 0 radical (unpaired) electrons. The first kappa shape index (κ1) is 21.6. The third-order valence-corrected chi connectivity index (χ3v) is 8.54. The molecular formula is C19H18N4O5S3. The van der Waals surface area contributed by atoms with E-state index in [0.717, 1.165) is 5.56 Å². The summed E-state index contributed by atoms with van der Waals surface area (Å²) >= 11 is 2.37. The predicted octanol–water partition coefficient (Wildman–Crippen LogP) is 3.88. The molecule has 0 bridgehead atoms. The van der Waals surface area contributed by atoms with Gasteiger partial charge in [0.05, 0.1) is 25.8 Å². The highest BCUT2D eigenvalue weighted by atomic mass is 32.2. The van der Waals surface area contributed by atoms with Crippen LogP contribution in [0.25, 0.3) is 10.6 Å². The number of hydrogen-bond acceptors (Lipinski definition) is 8. The first-order valence-corrected chi connectivity index (χ1v) is 12.5. The van der Waals surface area contributed by atoms with E-state index >= 15 is 0 Å². The normalized spacial score (nSPS) is 17.0. The number of hydrogen-bond donors (Lipinski definition) is 1. The van der Waals surface area contributed by atoms with E-state index in [1.807, 2.05) is 6.92 Å². The minimum Gasteiger partial charge on any atom is -0.301 e. The summed E-state index contributed by atoms with van der Waals surface area (Å²) in [5, 5.41) is 17.0. The third kappa shape index (κ3) is 4.37. The number of nitro groups is 1. The molecule has 0 saturated carbocycles. The molecule has 0 aliphatic carbocycles. The van der Waals surface area contributed by atoms with Crippen LogP contribution in [-0.4, -0.2) is 41.1 Å². The third-order valence-electron chi connectivity index (χ3n) is 4.92. The number of thiazole rings is 1. The molecule has 1 fully saturated rings. The largest absolute Gasteiger partial charge is 0.301 e. The smallest absolute Gasteiger partial charge is 0.280 e. The van der Waals surface area contributed by atoms with Crippen molar-refractivity contribution < 1.29 is 18.1 Å². The quantitative estimate of drug-likeness (QED) is 0.424. The second-order valence-corrected chi connectivity index (χ2v) is 10.7. The number of amides is 1. The fourth-order valence-electron chi connectivity index (χ4n) is 3.32. The number of thiophene rings is 1. The summed E-state index contributed by atoms with van der Waals surface area (Å²) in [6.07, 6.45) is 1.01. The van der Waals surface area contributed by atoms with E-state index in [2.05, 4.69) is 10.3 Å². The number of rotatable bonds is 6. The second-order valence-electron chi connectivity index (χ2n) is 7.04. The zero-order valence-electron chi connectivity index (χ0n) is 16.3. The molecule has 4 rings (SSSR count). The van der Waals surface area contributed by atoms with Gasteiger partial charge in [0, 0.05) is 18.0 Å². The summed E-state index contributed by atoms with van der Waals surface area (Å²) in [6, 6.07) is 7.16. The SMILES string of the molecule is Cc1ccc(S(=O)(=O)N2CCCC2C(=O)Nc2nc(-c3cc([N+](=O)[O-])cs3)cs2)cc1. The fourth-order valence-corrected chi connectivity index (χ4v) is 6.59. The Morgan fingerprint density at radius 2 is 2.00 bits per heavy atom. The van der Waals surface area contributed by atoms with Crippen LogP contribution in [0.2, 0.25) is 0 Å². The van der Waals surface area contributed by atoms with Crippen molar-refractivity contribution >= 4 is 49.4 Å². The number of carbonyl (C=O) groups is 1. The summed E-state index contributed by atoms with van der Waals surface area (Å²) < 4.78 is 27.3. The molecule has 9 nitrogen and oxygen atoms in total. The Hall–Kier alpha value is -2.67. The minimum absolute atomic E-state index is 0.0125. The lowest BCUT2D eigenvalue weighted by molar-refractivity contribution is -0.384. The summed E-state index contributed by atoms with van der Waals surface area (Å²) in [6.45, 7) is 2.15. The van der Waals surface area contributed by atoms with Crippen LogP contribution in [0.5, 0.6) is 0 Å². The number of nitrogens with one attached hydrogen (secondary N) is 1. The number of aryl methyl sites for hydroxylation is 1. The van der Waals surface area contributed by atoms with Crippen LogP contribution >= 0.6 is 22.7 Å². The minimum atomic E-state index is -3.79. The van der Waals surface area contributed by atoms with Gasteiger partial charge in [0.2, 0.25) is 15.9 Å². The number of nitrogens with zero attached hydrogens (tertiary/aromatic N) is 3. The molecule has 1 aliphatic heterocycles. The highest BCUT2D eigenvalue weighted by Crippen LogP contribution is 2.33. The molecule has 162 valence electrons. The highest BCUT2D eigenvalue weighted by molar-refractivity contribution is 7.89. The maximum atomic E-state index is 13.0. The summed E-state index contributed by atoms with van der Waals surface area (Å²) in [4.78, 5) is 28.3. The fraction of sp³-hybridized carbons (Fsp3) is 0.263. The van der Waals surface area contributed by atoms with Crippen LogP contribution in [0.15, 0.2) is 46.0 Å². The van der Waals surface area contributed by atoms with Crippen molar-refractivity contribution in [3.63, 3.8) is 0 Å². The van der Waals surface area contributed by atoms with Crippen LogP contribution < -0.4 is 5.32 Å². The van der Waals surface area contributed by atoms with E-state index in [-0.39, 0.29) is 17.1 Å². The molecule has 1 unspecified atom stereocenters. The van der Waals surface area contributed by atoms with Crippen molar-refractivity contribution in [2.45, 2.75) is 30.7 Å². The molecule has 12 heteroatoms. The molecule has 1 aromatic carbocycles. The lowest BCUT2D eigenvalue weighted by Gasteiger charge is -2.23. The van der Waals surface area contributed by atoms with Gasteiger partial charge in [0.25, 0.3) is 5.69 Å². The lowest BCUT2D eigenvalue weighted by atomic mass is 10.2. The molecule has 31 heavy (non-hydrogen) atoms. The lowest BCUT2D eigenvalue weighted by Crippen LogP contribution is -2.43. The Morgan fingerprint density at radius 1 is 1.26 bits per heavy atom. The molecule has 1 aliphatic rings. The first-order valence-electron chi connectivity index (χ1n) is 9.34. The van der Waals surface area contributed by atoms with Crippen molar-refractivity contribution in [3.05, 3.63) is 56.8 Å². The molecule has 1 saturated heterocycles. The molecule has 1 N–H and O–H groups in total. The van der Waals surface area contributed by atoms with Crippen molar-refractivity contribution in [2.24, 2.45) is 0 Å². The van der Waals surface area contributed by atoms with E-state index in [4.69, 9.17) is 0 Å². The van der Waals surface area contributed by atoms with E-state index < -0.39 is 26.9 Å². The van der Waals surface area contributed by atoms with Gasteiger partial charge in [-0.15, -0.1) is 22.7 Å². The Morgan fingerprint density at radius 3 is 2.68 bits per heavy atom. The molecule has 3 aromatic rings. The molecule has 3 heterocycles. The standard InChI is InChI=1S/C19H18N4O5S3/c1-12-4-6-14(7-5-12)31(27,28)22-8-2-3-16(22)18(24)21-19-20-15(11-30-19)17-9-13(10-29-17)23(25)26/h4-7,9-11,16H,2-3,8H2,1H3,(H,20,21,24). The monoisotopic (exact) mass is 478 g/mol. The van der Waals surface area contributed by atoms with Crippen LogP contribution in [0.1, 0.15) is 18.4 Å². The van der Waals surface area contributed by atoms with Gasteiger partial charge in [-0.05, 0) is 31.9 Å². The van der Waals surface area contributed by atoms with E-state index in [1.165, 1.54) is 38.4 Å². The van der Waals surface area contributed by atoms with E-state index in [9.17, 15) is 23.3 Å². The molecule has 0 spiro atoms. The van der Waals surface area contributed by atoms with Crippen molar-refractivity contribution in [2.75, 3.05) is 11.9 Å². The van der Waals surface area contributed by atoms with Gasteiger partial charge in [-0.25, -0.2) is 13.4 Å². The van der Waals surface area contributed by atoms with Crippen molar-refractivity contribution in [1.29, 1.82) is 0 Å². The van der Waals surface area contributed by atoms with Gasteiger partial charge in [0.1, 0.15) is 6.04 Å². The Bertz CT molecular complexity index is 1230. The van der Waals surface area contributed by atoms with Gasteiger partial charge >= 0.3 is 0 Å². The maximum absolute atomic E-state index is 13.0. The summed E-state index contributed by atoms with van der Waals surface area (Å²) in [7, 11) is -3.79. The van der Waals surface area contributed by atoms with E-state index in [1.54, 1.807) is 29.6 Å². The second kappa shape index (κ2) is 8.46. The number of sulfonamides is 1. The topological polar surface area (TPSA) is 123 Å². The molecule has 1 amide bonds. The van der Waals surface area contributed by atoms with Gasteiger partial charge in [-0.2, -0.15) is 4.31 Å². The van der Waals surface area contributed by atoms with Gasteiger partial charge < -0.3 is 5.32 Å². The number of anilines is 1. The molecule has 1 atom stereocenters. The zero-order chi connectivity index (χ0) is 22.2. The maximum Gasteiger partial charge on any atom is 0.280 e. The number of carbonyl (C=O) groups excluding carboxylic acids is 1. The summed E-state index contributed by atoms with van der Waals surface area (Å²) in [5.74, 6) is -0.439. The van der Waals surface area contributed by atoms with Gasteiger partial charge in [0.15, 0.2) is 5.13 Å². The van der Waals surface area contributed by atoms with Crippen molar-refractivity contribution in [1.82, 2.24) is 9.29 Å². The zero-order valence-corrected chi connectivity index (χ0v) is 18.8. The average molecular weight is 479 g/mol. The Labute approximate surface area is 186 Å². The van der Waals surface area contributed by atoms with Crippen LogP contribution in [0.3, 0.4) is 0 Å². The number of aromatic nitrogens is 1. The van der Waals surface area contributed by atoms with Gasteiger partial charge in [-0.3, -0.25) is 14.9 Å².